The van der Waals surface area contributed by atoms with E-state index in [0.717, 1.165) is 11.1 Å². The lowest BCUT2D eigenvalue weighted by molar-refractivity contribution is 0.0687. The molecule has 0 spiro atoms. The van der Waals surface area contributed by atoms with Gasteiger partial charge in [0.15, 0.2) is 0 Å². The Kier molecular flexibility index (Phi) is 8.70. The van der Waals surface area contributed by atoms with Gasteiger partial charge in [-0.2, -0.15) is 0 Å². The smallest absolute Gasteiger partial charge is 0.408 e. The summed E-state index contributed by atoms with van der Waals surface area (Å²) in [6.45, 7) is 6.11. The lowest BCUT2D eigenvalue weighted by Gasteiger charge is -2.27. The maximum atomic E-state index is 12.3. The second kappa shape index (κ2) is 11.0. The van der Waals surface area contributed by atoms with Gasteiger partial charge in [-0.3, -0.25) is 4.90 Å². The zero-order valence-corrected chi connectivity index (χ0v) is 17.8. The van der Waals surface area contributed by atoms with Gasteiger partial charge in [-0.15, -0.1) is 0 Å². The van der Waals surface area contributed by atoms with Gasteiger partial charge in [-0.05, 0) is 31.9 Å². The molecule has 2 unspecified atom stereocenters. The monoisotopic (exact) mass is 416 g/mol. The minimum absolute atomic E-state index is 0.110. The van der Waals surface area contributed by atoms with Gasteiger partial charge in [0.2, 0.25) is 0 Å². The average molecular weight is 417 g/mol. The van der Waals surface area contributed by atoms with Crippen LogP contribution in [-0.2, 0) is 29.3 Å². The Morgan fingerprint density at radius 3 is 2.21 bits per heavy atom. The molecule has 1 N–H and O–H groups in total. The SMILES string of the molecule is CC(C)(C)[S+]([O-])N=CC(COCc1ccccc1)N(Cc1ccccc1)C(=O)O. The Morgan fingerprint density at radius 1 is 1.14 bits per heavy atom. The van der Waals surface area contributed by atoms with E-state index in [4.69, 9.17) is 4.74 Å². The molecule has 2 rings (SSSR count). The van der Waals surface area contributed by atoms with Crippen LogP contribution in [0.15, 0.2) is 65.1 Å². The third-order valence-electron chi connectivity index (χ3n) is 4.09. The topological polar surface area (TPSA) is 85.2 Å². The fourth-order valence-electron chi connectivity index (χ4n) is 2.48. The summed E-state index contributed by atoms with van der Waals surface area (Å²) in [5, 5.41) is 9.78. The first kappa shape index (κ1) is 22.9. The first-order valence-electron chi connectivity index (χ1n) is 9.38. The van der Waals surface area contributed by atoms with Crippen LogP contribution in [0, 0.1) is 0 Å². The van der Waals surface area contributed by atoms with Crippen molar-refractivity contribution >= 4 is 23.7 Å². The summed E-state index contributed by atoms with van der Waals surface area (Å²) in [7, 11) is 0. The van der Waals surface area contributed by atoms with Crippen LogP contribution >= 0.6 is 0 Å². The maximum absolute atomic E-state index is 12.3. The Labute approximate surface area is 175 Å². The van der Waals surface area contributed by atoms with Gasteiger partial charge in [0.25, 0.3) is 0 Å². The molecule has 156 valence electrons. The molecule has 0 heterocycles. The molecule has 6 nitrogen and oxygen atoms in total. The largest absolute Gasteiger partial charge is 0.591 e. The van der Waals surface area contributed by atoms with E-state index in [1.165, 1.54) is 11.1 Å². The number of amides is 1. The predicted molar refractivity (Wildman–Crippen MR) is 116 cm³/mol. The molecule has 2 aromatic carbocycles. The molecule has 7 heteroatoms. The number of rotatable bonds is 9. The zero-order chi connectivity index (χ0) is 21.3. The van der Waals surface area contributed by atoms with Gasteiger partial charge in [0.1, 0.15) is 16.1 Å². The van der Waals surface area contributed by atoms with Crippen LogP contribution in [0.25, 0.3) is 0 Å². The van der Waals surface area contributed by atoms with Crippen molar-refractivity contribution in [2.24, 2.45) is 4.40 Å². The zero-order valence-electron chi connectivity index (χ0n) is 17.0. The standard InChI is InChI=1S/C22H28N2O4S/c1-22(2,3)29(27)23-14-20(17-28-16-19-12-8-5-9-13-19)24(21(25)26)15-18-10-6-4-7-11-18/h4-14,20H,15-17H2,1-3H3,(H,25,26). The number of carboxylic acid groups (broad SMARTS) is 1. The predicted octanol–water partition coefficient (Wildman–Crippen LogP) is 4.29. The van der Waals surface area contributed by atoms with Crippen LogP contribution in [0.3, 0.4) is 0 Å². The summed E-state index contributed by atoms with van der Waals surface area (Å²) in [6.07, 6.45) is 0.346. The van der Waals surface area contributed by atoms with Crippen molar-refractivity contribution in [3.8, 4) is 0 Å². The van der Waals surface area contributed by atoms with E-state index in [0.29, 0.717) is 6.61 Å². The maximum Gasteiger partial charge on any atom is 0.408 e. The number of ether oxygens (including phenoxy) is 1. The van der Waals surface area contributed by atoms with Crippen LogP contribution in [-0.4, -0.2) is 44.3 Å². The van der Waals surface area contributed by atoms with E-state index >= 15 is 0 Å². The number of hydrogen-bond acceptors (Lipinski definition) is 4. The summed E-state index contributed by atoms with van der Waals surface area (Å²) in [5.74, 6) is 0. The molecule has 0 aliphatic carbocycles. The highest BCUT2D eigenvalue weighted by molar-refractivity contribution is 7.91. The summed E-state index contributed by atoms with van der Waals surface area (Å²) >= 11 is -1.48. The van der Waals surface area contributed by atoms with Gasteiger partial charge in [0, 0.05) is 6.54 Å². The molecule has 0 radical (unpaired) electrons. The van der Waals surface area contributed by atoms with Crippen molar-refractivity contribution < 1.29 is 19.2 Å². The molecule has 0 aromatic heterocycles. The van der Waals surface area contributed by atoms with Crippen LogP contribution < -0.4 is 0 Å². The van der Waals surface area contributed by atoms with Gasteiger partial charge in [-0.1, -0.05) is 65.1 Å². The summed E-state index contributed by atoms with van der Waals surface area (Å²) < 4.78 is 21.7. The van der Waals surface area contributed by atoms with Crippen LogP contribution in [0.2, 0.25) is 0 Å². The van der Waals surface area contributed by atoms with E-state index in [2.05, 4.69) is 4.40 Å². The van der Waals surface area contributed by atoms with E-state index in [-0.39, 0.29) is 13.2 Å². The molecular weight excluding hydrogens is 388 g/mol. The summed E-state index contributed by atoms with van der Waals surface area (Å²) in [6, 6.07) is 18.3. The average Bonchev–Trinajstić information content (AvgIpc) is 2.69. The third-order valence-corrected chi connectivity index (χ3v) is 5.46. The van der Waals surface area contributed by atoms with Crippen molar-refractivity contribution in [1.29, 1.82) is 0 Å². The van der Waals surface area contributed by atoms with Crippen molar-refractivity contribution in [2.45, 2.75) is 44.7 Å². The van der Waals surface area contributed by atoms with Crippen LogP contribution in [0.1, 0.15) is 31.9 Å². The highest BCUT2D eigenvalue weighted by Gasteiger charge is 2.28. The number of hydrogen-bond donors (Lipinski definition) is 1. The molecule has 2 atom stereocenters. The minimum Gasteiger partial charge on any atom is -0.591 e. The molecule has 0 aliphatic heterocycles. The Hall–Kier alpha value is -2.35. The number of carbonyl (C=O) groups is 1. The van der Waals surface area contributed by atoms with Gasteiger partial charge < -0.3 is 14.4 Å². The second-order valence-electron chi connectivity index (χ2n) is 7.58. The Morgan fingerprint density at radius 2 is 1.69 bits per heavy atom. The van der Waals surface area contributed by atoms with Gasteiger partial charge in [-0.25, -0.2) is 4.79 Å². The molecule has 0 aliphatic rings. The first-order chi connectivity index (χ1) is 13.8. The lowest BCUT2D eigenvalue weighted by Crippen LogP contribution is -2.43. The molecule has 2 aromatic rings. The Balaban J connectivity index is 2.15. The molecular formula is C22H28N2O4S. The highest BCUT2D eigenvalue weighted by atomic mass is 32.2. The van der Waals surface area contributed by atoms with Crippen molar-refractivity contribution in [3.05, 3.63) is 71.8 Å². The second-order valence-corrected chi connectivity index (χ2v) is 9.51. The van der Waals surface area contributed by atoms with Crippen molar-refractivity contribution in [1.82, 2.24) is 4.90 Å². The lowest BCUT2D eigenvalue weighted by atomic mass is 10.2. The Bertz CT molecular complexity index is 778. The fraction of sp³-hybridized carbons (Fsp3) is 0.364. The van der Waals surface area contributed by atoms with Gasteiger partial charge >= 0.3 is 6.09 Å². The first-order valence-corrected chi connectivity index (χ1v) is 10.5. The highest BCUT2D eigenvalue weighted by Crippen LogP contribution is 2.17. The number of benzene rings is 2. The quantitative estimate of drug-likeness (QED) is 0.488. The molecule has 29 heavy (non-hydrogen) atoms. The van der Waals surface area contributed by atoms with Gasteiger partial charge in [0.05, 0.1) is 25.5 Å². The molecule has 1 amide bonds. The van der Waals surface area contributed by atoms with Crippen LogP contribution in [0.5, 0.6) is 0 Å². The molecule has 0 bridgehead atoms. The third kappa shape index (κ3) is 7.89. The normalized spacial score (nSPS) is 13.9. The van der Waals surface area contributed by atoms with E-state index in [1.54, 1.807) is 0 Å². The number of nitrogens with zero attached hydrogens (tertiary/aromatic N) is 2. The van der Waals surface area contributed by atoms with E-state index in [1.807, 2.05) is 81.4 Å². The summed E-state index contributed by atoms with van der Waals surface area (Å²) in [5.41, 5.74) is 1.85. The molecule has 0 fully saturated rings. The van der Waals surface area contributed by atoms with Crippen molar-refractivity contribution in [2.75, 3.05) is 6.61 Å². The van der Waals surface area contributed by atoms with Crippen LogP contribution in [0.4, 0.5) is 4.79 Å². The summed E-state index contributed by atoms with van der Waals surface area (Å²) in [4.78, 5) is 13.2. The van der Waals surface area contributed by atoms with Crippen molar-refractivity contribution in [3.63, 3.8) is 0 Å². The molecule has 0 saturated heterocycles. The van der Waals surface area contributed by atoms with E-state index in [9.17, 15) is 14.5 Å². The molecule has 0 saturated carbocycles. The fourth-order valence-corrected chi connectivity index (χ4v) is 3.04. The minimum atomic E-state index is -1.48. The van der Waals surface area contributed by atoms with E-state index < -0.39 is 28.2 Å².